The first-order chi connectivity index (χ1) is 21.3. The fraction of sp³-hybridized carbons (Fsp3) is 0.636. The Bertz CT molecular complexity index is 1470. The highest BCUT2D eigenvalue weighted by Crippen LogP contribution is 2.65. The molecular weight excluding hydrogens is 602 g/mol. The second-order valence-electron chi connectivity index (χ2n) is 14.4. The molecule has 1 spiro atoms. The van der Waals surface area contributed by atoms with E-state index >= 15 is 0 Å². The summed E-state index contributed by atoms with van der Waals surface area (Å²) in [6.07, 6.45) is -2.83. The maximum absolute atomic E-state index is 13.3. The molecule has 1 aromatic carbocycles. The van der Waals surface area contributed by atoms with Gasteiger partial charge in [0.1, 0.15) is 17.0 Å². The number of esters is 2. The highest BCUT2D eigenvalue weighted by molar-refractivity contribution is 5.82. The minimum atomic E-state index is -1.38. The maximum Gasteiger partial charge on any atom is 0.514 e. The van der Waals surface area contributed by atoms with Gasteiger partial charge >= 0.3 is 24.2 Å². The average molecular weight is 646 g/mol. The summed E-state index contributed by atoms with van der Waals surface area (Å²) in [7, 11) is 1.97. The van der Waals surface area contributed by atoms with E-state index in [-0.39, 0.29) is 29.7 Å². The molecule has 0 amide bonds. The Morgan fingerprint density at radius 1 is 0.935 bits per heavy atom. The minimum absolute atomic E-state index is 0.128. The monoisotopic (exact) mass is 645 g/mol. The Balaban J connectivity index is 1.38. The molecule has 46 heavy (non-hydrogen) atoms. The van der Waals surface area contributed by atoms with Gasteiger partial charge in [-0.15, -0.1) is 0 Å². The number of aliphatic hydroxyl groups is 1. The van der Waals surface area contributed by atoms with Gasteiger partial charge in [0.25, 0.3) is 0 Å². The Morgan fingerprint density at radius 2 is 1.57 bits per heavy atom. The van der Waals surface area contributed by atoms with E-state index < -0.39 is 64.8 Å². The standard InChI is InChI=1S/C33H43NO12/c1-17(40-26(35)18(2)41-28(37)45-30(3,4)5)27(36)42-21-12-13-33(39)22-16-19-10-11-20(43-29(38)46-31(6,7)8)24-23(19)32(33,25(21)44-24)14-15-34(22)9/h10-12,17-18,22,25,39H,13-16H2,1-9H3/t17-,18-,22-,25-,32-,33+/m0/s1. The fourth-order valence-electron chi connectivity index (χ4n) is 6.85. The Hall–Kier alpha value is -3.84. The lowest BCUT2D eigenvalue weighted by Crippen LogP contribution is -2.74. The van der Waals surface area contributed by atoms with Gasteiger partial charge in [0, 0.05) is 18.0 Å². The molecular formula is C33H43NO12. The molecule has 0 radical (unpaired) electrons. The van der Waals surface area contributed by atoms with Crippen molar-refractivity contribution in [3.05, 3.63) is 35.1 Å². The fourth-order valence-corrected chi connectivity index (χ4v) is 6.85. The number of nitrogens with zero attached hydrogens (tertiary/aromatic N) is 1. The number of rotatable bonds is 6. The molecule has 13 heteroatoms. The number of carbonyl (C=O) groups excluding carboxylic acids is 4. The molecule has 0 unspecified atom stereocenters. The SMILES string of the molecule is C[C@H](OC(=O)OC(C)(C)C)C(=O)O[C@@H](C)C(=O)OC1=CC[C@@]2(O)[C@@H]3Cc4ccc(OC(=O)OC(C)(C)C)c5c4[C@@]2(CCN3C)[C@H]1O5. The third-order valence-corrected chi connectivity index (χ3v) is 8.76. The maximum atomic E-state index is 13.3. The Morgan fingerprint density at radius 3 is 2.22 bits per heavy atom. The van der Waals surface area contributed by atoms with E-state index in [1.165, 1.54) is 13.8 Å². The van der Waals surface area contributed by atoms with E-state index in [1.807, 2.05) is 13.1 Å². The van der Waals surface area contributed by atoms with Crippen LogP contribution in [0.15, 0.2) is 24.0 Å². The van der Waals surface area contributed by atoms with E-state index in [9.17, 15) is 24.3 Å². The van der Waals surface area contributed by atoms with Crippen molar-refractivity contribution < 1.29 is 57.4 Å². The summed E-state index contributed by atoms with van der Waals surface area (Å²) >= 11 is 0. The van der Waals surface area contributed by atoms with Crippen LogP contribution in [0.2, 0.25) is 0 Å². The van der Waals surface area contributed by atoms with Crippen molar-refractivity contribution in [2.24, 2.45) is 0 Å². The molecule has 2 heterocycles. The molecule has 2 aliphatic carbocycles. The number of benzene rings is 1. The highest BCUT2D eigenvalue weighted by Gasteiger charge is 2.72. The van der Waals surface area contributed by atoms with Crippen LogP contribution >= 0.6 is 0 Å². The first-order valence-corrected chi connectivity index (χ1v) is 15.4. The van der Waals surface area contributed by atoms with E-state index in [1.54, 1.807) is 53.7 Å². The van der Waals surface area contributed by atoms with E-state index in [4.69, 9.17) is 33.2 Å². The molecule has 252 valence electrons. The lowest BCUT2D eigenvalue weighted by atomic mass is 9.50. The number of piperidine rings is 1. The molecule has 0 saturated carbocycles. The zero-order chi connectivity index (χ0) is 34.0. The molecule has 1 saturated heterocycles. The summed E-state index contributed by atoms with van der Waals surface area (Å²) in [5, 5.41) is 12.4. The van der Waals surface area contributed by atoms with Gasteiger partial charge in [0.05, 0.1) is 11.0 Å². The number of carbonyl (C=O) groups is 4. The van der Waals surface area contributed by atoms with Crippen LogP contribution in [0, 0.1) is 0 Å². The van der Waals surface area contributed by atoms with Crippen LogP contribution in [0.4, 0.5) is 9.59 Å². The molecule has 6 atom stereocenters. The van der Waals surface area contributed by atoms with Crippen molar-refractivity contribution in [3.63, 3.8) is 0 Å². The van der Waals surface area contributed by atoms with Gasteiger partial charge in [-0.1, -0.05) is 6.07 Å². The molecule has 1 aromatic rings. The van der Waals surface area contributed by atoms with Gasteiger partial charge in [-0.2, -0.15) is 0 Å². The molecule has 1 N–H and O–H groups in total. The van der Waals surface area contributed by atoms with Crippen LogP contribution in [0.5, 0.6) is 11.5 Å². The highest BCUT2D eigenvalue weighted by atomic mass is 16.7. The predicted molar refractivity (Wildman–Crippen MR) is 160 cm³/mol. The lowest BCUT2D eigenvalue weighted by molar-refractivity contribution is -0.178. The van der Waals surface area contributed by atoms with Crippen LogP contribution in [0.1, 0.15) is 79.4 Å². The molecule has 0 aromatic heterocycles. The molecule has 2 aliphatic heterocycles. The van der Waals surface area contributed by atoms with Crippen molar-refractivity contribution in [2.75, 3.05) is 13.6 Å². The molecule has 13 nitrogen and oxygen atoms in total. The number of ether oxygens (including phenoxy) is 7. The third kappa shape index (κ3) is 5.90. The van der Waals surface area contributed by atoms with Crippen molar-refractivity contribution in [1.82, 2.24) is 4.90 Å². The van der Waals surface area contributed by atoms with Crippen LogP contribution in [-0.2, 0) is 45.1 Å². The van der Waals surface area contributed by atoms with Crippen molar-refractivity contribution >= 4 is 24.2 Å². The average Bonchev–Trinajstić information content (AvgIpc) is 3.27. The molecule has 2 bridgehead atoms. The number of hydrogen-bond acceptors (Lipinski definition) is 13. The Kier molecular flexibility index (Phi) is 8.34. The van der Waals surface area contributed by atoms with Gasteiger partial charge in [0.15, 0.2) is 29.8 Å². The quantitative estimate of drug-likeness (QED) is 0.268. The smallest absolute Gasteiger partial charge is 0.477 e. The Labute approximate surface area is 268 Å². The second kappa shape index (κ2) is 11.4. The summed E-state index contributed by atoms with van der Waals surface area (Å²) in [5.41, 5.74) is -2.25. The van der Waals surface area contributed by atoms with Gasteiger partial charge < -0.3 is 43.2 Å². The summed E-state index contributed by atoms with van der Waals surface area (Å²) < 4.78 is 38.6. The normalized spacial score (nSPS) is 27.6. The summed E-state index contributed by atoms with van der Waals surface area (Å²) in [5.74, 6) is -1.30. The molecule has 4 aliphatic rings. The van der Waals surface area contributed by atoms with Crippen LogP contribution in [-0.4, -0.2) is 89.0 Å². The van der Waals surface area contributed by atoms with Gasteiger partial charge in [-0.05, 0) is 99.5 Å². The van der Waals surface area contributed by atoms with Crippen molar-refractivity contribution in [1.29, 1.82) is 0 Å². The zero-order valence-corrected chi connectivity index (χ0v) is 27.8. The summed E-state index contributed by atoms with van der Waals surface area (Å²) in [6.45, 7) is 13.4. The van der Waals surface area contributed by atoms with Gasteiger partial charge in [0.2, 0.25) is 0 Å². The van der Waals surface area contributed by atoms with Crippen LogP contribution in [0.25, 0.3) is 0 Å². The van der Waals surface area contributed by atoms with E-state index in [0.29, 0.717) is 19.4 Å². The lowest BCUT2D eigenvalue weighted by Gasteiger charge is -2.61. The van der Waals surface area contributed by atoms with E-state index in [2.05, 4.69) is 4.90 Å². The minimum Gasteiger partial charge on any atom is -0.477 e. The topological polar surface area (TPSA) is 156 Å². The van der Waals surface area contributed by atoms with Crippen LogP contribution < -0.4 is 9.47 Å². The third-order valence-electron chi connectivity index (χ3n) is 8.76. The molecule has 1 fully saturated rings. The number of hydrogen-bond donors (Lipinski definition) is 1. The first-order valence-electron chi connectivity index (χ1n) is 15.4. The molecule has 5 rings (SSSR count). The van der Waals surface area contributed by atoms with Crippen molar-refractivity contribution in [2.45, 2.75) is 121 Å². The first kappa shape index (κ1) is 33.5. The van der Waals surface area contributed by atoms with Crippen molar-refractivity contribution in [3.8, 4) is 11.5 Å². The summed E-state index contributed by atoms with van der Waals surface area (Å²) in [4.78, 5) is 52.6. The van der Waals surface area contributed by atoms with Gasteiger partial charge in [-0.25, -0.2) is 19.2 Å². The zero-order valence-electron chi connectivity index (χ0n) is 27.8. The largest absolute Gasteiger partial charge is 0.514 e. The number of likely N-dealkylation sites (N-methyl/N-ethyl adjacent to an activating group) is 1. The summed E-state index contributed by atoms with van der Waals surface area (Å²) in [6, 6.07) is 3.26. The van der Waals surface area contributed by atoms with Crippen LogP contribution in [0.3, 0.4) is 0 Å². The van der Waals surface area contributed by atoms with E-state index in [0.717, 1.165) is 11.1 Å². The number of likely N-dealkylation sites (tertiary alicyclic amines) is 1. The van der Waals surface area contributed by atoms with Gasteiger partial charge in [-0.3, -0.25) is 0 Å². The predicted octanol–water partition coefficient (Wildman–Crippen LogP) is 4.09. The second-order valence-corrected chi connectivity index (χ2v) is 14.4.